The number of hydrogen-bond donors (Lipinski definition) is 1. The van der Waals surface area contributed by atoms with Gasteiger partial charge in [-0.15, -0.1) is 0 Å². The highest BCUT2D eigenvalue weighted by Crippen LogP contribution is 2.28. The highest BCUT2D eigenvalue weighted by molar-refractivity contribution is 7.86. The molecule has 1 aliphatic heterocycles. The van der Waals surface area contributed by atoms with Gasteiger partial charge in [-0.3, -0.25) is 9.59 Å². The van der Waals surface area contributed by atoms with Crippen molar-refractivity contribution in [2.75, 3.05) is 39.8 Å². The molecule has 0 aromatic rings. The highest BCUT2D eigenvalue weighted by atomic mass is 32.2. The van der Waals surface area contributed by atoms with Crippen molar-refractivity contribution >= 4 is 22.0 Å². The Hall–Kier alpha value is -1.19. The molecule has 2 aliphatic carbocycles. The van der Waals surface area contributed by atoms with Crippen LogP contribution in [0.2, 0.25) is 0 Å². The van der Waals surface area contributed by atoms with Gasteiger partial charge in [-0.1, -0.05) is 19.3 Å². The van der Waals surface area contributed by atoms with Crippen LogP contribution in [0, 0.1) is 5.92 Å². The zero-order valence-corrected chi connectivity index (χ0v) is 17.8. The Labute approximate surface area is 168 Å². The molecule has 3 rings (SSSR count). The van der Waals surface area contributed by atoms with Gasteiger partial charge < -0.3 is 10.2 Å². The zero-order chi connectivity index (χ0) is 20.1. The molecule has 0 unspecified atom stereocenters. The summed E-state index contributed by atoms with van der Waals surface area (Å²) in [5, 5.41) is 2.87. The van der Waals surface area contributed by atoms with Crippen molar-refractivity contribution in [2.45, 2.75) is 63.8 Å². The first-order chi connectivity index (χ1) is 13.4. The Balaban J connectivity index is 1.39. The zero-order valence-electron chi connectivity index (χ0n) is 16.9. The van der Waals surface area contributed by atoms with Crippen LogP contribution in [-0.4, -0.2) is 79.6 Å². The van der Waals surface area contributed by atoms with Gasteiger partial charge >= 0.3 is 0 Å². The van der Waals surface area contributed by atoms with Gasteiger partial charge in [0.25, 0.3) is 10.2 Å². The van der Waals surface area contributed by atoms with E-state index in [9.17, 15) is 18.0 Å². The number of hydrogen-bond acceptors (Lipinski definition) is 4. The van der Waals surface area contributed by atoms with Gasteiger partial charge in [0.2, 0.25) is 11.8 Å². The van der Waals surface area contributed by atoms with E-state index >= 15 is 0 Å². The third-order valence-corrected chi connectivity index (χ3v) is 8.23. The predicted molar refractivity (Wildman–Crippen MR) is 107 cm³/mol. The lowest BCUT2D eigenvalue weighted by Crippen LogP contribution is -2.55. The normalized spacial score (nSPS) is 22.4. The van der Waals surface area contributed by atoms with Crippen LogP contribution < -0.4 is 5.32 Å². The van der Waals surface area contributed by atoms with Crippen LogP contribution in [0.15, 0.2) is 0 Å². The van der Waals surface area contributed by atoms with E-state index in [2.05, 4.69) is 5.32 Å². The van der Waals surface area contributed by atoms with Crippen LogP contribution in [-0.2, 0) is 19.8 Å². The molecule has 0 aromatic heterocycles. The second kappa shape index (κ2) is 9.54. The Morgan fingerprint density at radius 2 is 1.64 bits per heavy atom. The average molecular weight is 415 g/mol. The largest absolute Gasteiger partial charge is 0.356 e. The number of rotatable bonds is 8. The van der Waals surface area contributed by atoms with Crippen LogP contribution in [0.5, 0.6) is 0 Å². The topological polar surface area (TPSA) is 90.0 Å². The lowest BCUT2D eigenvalue weighted by Gasteiger charge is -2.38. The summed E-state index contributed by atoms with van der Waals surface area (Å²) >= 11 is 0. The summed E-state index contributed by atoms with van der Waals surface area (Å²) < 4.78 is 28.9. The van der Waals surface area contributed by atoms with Gasteiger partial charge in [-0.25, -0.2) is 0 Å². The molecule has 0 bridgehead atoms. The first-order valence-corrected chi connectivity index (χ1v) is 12.1. The van der Waals surface area contributed by atoms with Crippen molar-refractivity contribution in [1.82, 2.24) is 18.8 Å². The molecular weight excluding hydrogens is 380 g/mol. The lowest BCUT2D eigenvalue weighted by atomic mass is 9.96. The molecule has 2 amide bonds. The van der Waals surface area contributed by atoms with Gasteiger partial charge in [0, 0.05) is 58.2 Å². The molecule has 2 saturated carbocycles. The highest BCUT2D eigenvalue weighted by Gasteiger charge is 2.35. The third kappa shape index (κ3) is 5.45. The lowest BCUT2D eigenvalue weighted by molar-refractivity contribution is -0.132. The second-order valence-corrected chi connectivity index (χ2v) is 10.3. The van der Waals surface area contributed by atoms with Crippen LogP contribution in [0.1, 0.15) is 57.8 Å². The molecule has 3 aliphatic rings. The van der Waals surface area contributed by atoms with E-state index in [0.29, 0.717) is 45.6 Å². The van der Waals surface area contributed by atoms with Crippen molar-refractivity contribution < 1.29 is 18.0 Å². The van der Waals surface area contributed by atoms with Gasteiger partial charge in [0.1, 0.15) is 0 Å². The minimum atomic E-state index is -3.46. The van der Waals surface area contributed by atoms with E-state index < -0.39 is 10.2 Å². The molecule has 1 saturated heterocycles. The van der Waals surface area contributed by atoms with E-state index in [1.165, 1.54) is 10.7 Å². The number of carbonyl (C=O) groups is 2. The quantitative estimate of drug-likeness (QED) is 0.599. The molecule has 0 radical (unpaired) electrons. The number of amides is 2. The maximum absolute atomic E-state index is 12.9. The molecule has 0 atom stereocenters. The first kappa shape index (κ1) is 21.5. The molecule has 0 spiro atoms. The van der Waals surface area contributed by atoms with E-state index in [-0.39, 0.29) is 23.8 Å². The maximum Gasteiger partial charge on any atom is 0.282 e. The van der Waals surface area contributed by atoms with E-state index in [0.717, 1.165) is 38.5 Å². The Bertz CT molecular complexity index is 651. The molecule has 8 nitrogen and oxygen atoms in total. The standard InChI is InChI=1S/C19H34N4O4S/c1-21(17-6-3-2-4-7-17)28(26,27)23-14-12-22(13-15-23)18(24)8-5-11-20-19(25)16-9-10-16/h16-17H,2-15H2,1H3,(H,20,25). The summed E-state index contributed by atoms with van der Waals surface area (Å²) in [6.45, 7) is 2.10. The monoisotopic (exact) mass is 414 g/mol. The predicted octanol–water partition coefficient (Wildman–Crippen LogP) is 0.946. The van der Waals surface area contributed by atoms with Gasteiger partial charge in [-0.2, -0.15) is 17.0 Å². The molecular formula is C19H34N4O4S. The summed E-state index contributed by atoms with van der Waals surface area (Å²) in [7, 11) is -1.77. The first-order valence-electron chi connectivity index (χ1n) is 10.7. The molecule has 160 valence electrons. The van der Waals surface area contributed by atoms with Crippen molar-refractivity contribution in [3.8, 4) is 0 Å². The fraction of sp³-hybridized carbons (Fsp3) is 0.895. The van der Waals surface area contributed by atoms with E-state index in [1.807, 2.05) is 0 Å². The average Bonchev–Trinajstić information content (AvgIpc) is 3.56. The summed E-state index contributed by atoms with van der Waals surface area (Å²) in [6, 6.07) is 0.101. The molecule has 1 heterocycles. The van der Waals surface area contributed by atoms with Crippen molar-refractivity contribution in [1.29, 1.82) is 0 Å². The van der Waals surface area contributed by atoms with Crippen molar-refractivity contribution in [3.05, 3.63) is 0 Å². The van der Waals surface area contributed by atoms with Crippen molar-refractivity contribution in [3.63, 3.8) is 0 Å². The second-order valence-electron chi connectivity index (χ2n) is 8.26. The van der Waals surface area contributed by atoms with Gasteiger partial charge in [0.05, 0.1) is 0 Å². The summed E-state index contributed by atoms with van der Waals surface area (Å²) in [5.74, 6) is 0.337. The summed E-state index contributed by atoms with van der Waals surface area (Å²) in [6.07, 6.45) is 8.22. The van der Waals surface area contributed by atoms with Crippen LogP contribution >= 0.6 is 0 Å². The van der Waals surface area contributed by atoms with Crippen LogP contribution in [0.4, 0.5) is 0 Å². The number of piperazine rings is 1. The minimum absolute atomic E-state index is 0.0401. The smallest absolute Gasteiger partial charge is 0.282 e. The molecule has 3 fully saturated rings. The molecule has 9 heteroatoms. The Morgan fingerprint density at radius 1 is 1.00 bits per heavy atom. The van der Waals surface area contributed by atoms with E-state index in [4.69, 9.17) is 0 Å². The Morgan fingerprint density at radius 3 is 2.25 bits per heavy atom. The number of nitrogens with one attached hydrogen (secondary N) is 1. The summed E-state index contributed by atoms with van der Waals surface area (Å²) in [4.78, 5) is 25.7. The number of nitrogens with zero attached hydrogens (tertiary/aromatic N) is 3. The molecule has 1 N–H and O–H groups in total. The van der Waals surface area contributed by atoms with Gasteiger partial charge in [0.15, 0.2) is 0 Å². The number of carbonyl (C=O) groups excluding carboxylic acids is 2. The van der Waals surface area contributed by atoms with Gasteiger partial charge in [-0.05, 0) is 32.1 Å². The van der Waals surface area contributed by atoms with Crippen molar-refractivity contribution in [2.24, 2.45) is 5.92 Å². The fourth-order valence-electron chi connectivity index (χ4n) is 4.08. The molecule has 28 heavy (non-hydrogen) atoms. The molecule has 0 aromatic carbocycles. The minimum Gasteiger partial charge on any atom is -0.356 e. The Kier molecular flexibility index (Phi) is 7.33. The van der Waals surface area contributed by atoms with Crippen LogP contribution in [0.3, 0.4) is 0 Å². The summed E-state index contributed by atoms with van der Waals surface area (Å²) in [5.41, 5.74) is 0. The SMILES string of the molecule is CN(C1CCCCC1)S(=O)(=O)N1CCN(C(=O)CCCNC(=O)C2CC2)CC1. The third-order valence-electron chi connectivity index (χ3n) is 6.19. The van der Waals surface area contributed by atoms with Crippen LogP contribution in [0.25, 0.3) is 0 Å². The maximum atomic E-state index is 12.9. The van der Waals surface area contributed by atoms with E-state index in [1.54, 1.807) is 16.3 Å². The fourth-order valence-corrected chi connectivity index (χ4v) is 5.66.